The number of sulfonamides is 1. The number of benzene rings is 1. The van der Waals surface area contributed by atoms with E-state index in [9.17, 15) is 40.8 Å². The molecule has 3 saturated carbocycles. The monoisotopic (exact) mass is 834 g/mol. The molecule has 1 aromatic heterocycles. The highest BCUT2D eigenvalue weighted by atomic mass is 32.2. The second-order valence-corrected chi connectivity index (χ2v) is 20.5. The van der Waals surface area contributed by atoms with E-state index in [4.69, 9.17) is 14.5 Å². The molecule has 0 spiro atoms. The van der Waals surface area contributed by atoms with Gasteiger partial charge in [0.15, 0.2) is 0 Å². The van der Waals surface area contributed by atoms with E-state index in [1.54, 1.807) is 20.8 Å². The van der Waals surface area contributed by atoms with Gasteiger partial charge in [0.2, 0.25) is 34.1 Å². The first kappa shape index (κ1) is 41.9. The molecular formula is C40H53F3N6O8S. The van der Waals surface area contributed by atoms with Gasteiger partial charge in [-0.1, -0.05) is 40.5 Å². The Kier molecular flexibility index (Phi) is 11.1. The van der Waals surface area contributed by atoms with Crippen molar-refractivity contribution in [3.8, 4) is 5.88 Å². The minimum atomic E-state index is -4.25. The van der Waals surface area contributed by atoms with Gasteiger partial charge in [-0.15, -0.1) is 0 Å². The quantitative estimate of drug-likeness (QED) is 0.361. The third-order valence-electron chi connectivity index (χ3n) is 12.9. The summed E-state index contributed by atoms with van der Waals surface area (Å²) in [7, 11) is -4.25. The normalized spacial score (nSPS) is 31.5. The molecule has 3 aliphatic carbocycles. The highest BCUT2D eigenvalue weighted by Crippen LogP contribution is 2.49. The van der Waals surface area contributed by atoms with Crippen molar-refractivity contribution in [1.82, 2.24) is 30.2 Å². The van der Waals surface area contributed by atoms with Gasteiger partial charge in [-0.05, 0) is 87.7 Å². The maximum absolute atomic E-state index is 14.7. The SMILES string of the molecule is CC1CCC2OC(=O)NC(C(C)(C)C)C(=O)N3CC(CC3C(=O)NC3(C(=O)NS(=O)(=O)C4(C)CC4)CC3C(F)F)Oc3nc4cc(F)ccc4nc3CCCCCC12. The Balaban J connectivity index is 1.23. The van der Waals surface area contributed by atoms with E-state index in [0.717, 1.165) is 25.7 Å². The van der Waals surface area contributed by atoms with Crippen LogP contribution in [0.1, 0.15) is 105 Å². The molecule has 0 radical (unpaired) electrons. The predicted octanol–water partition coefficient (Wildman–Crippen LogP) is 4.93. The third kappa shape index (κ3) is 8.31. The Morgan fingerprint density at radius 2 is 1.78 bits per heavy atom. The van der Waals surface area contributed by atoms with Crippen molar-refractivity contribution in [2.24, 2.45) is 23.2 Å². The van der Waals surface area contributed by atoms with Crippen LogP contribution in [0.3, 0.4) is 0 Å². The highest BCUT2D eigenvalue weighted by Gasteiger charge is 2.67. The summed E-state index contributed by atoms with van der Waals surface area (Å²) in [6, 6.07) is 1.38. The maximum Gasteiger partial charge on any atom is 0.408 e. The minimum absolute atomic E-state index is 0.0887. The Labute approximate surface area is 336 Å². The lowest BCUT2D eigenvalue weighted by molar-refractivity contribution is -0.143. The average Bonchev–Trinajstić information content (AvgIpc) is 3.99. The minimum Gasteiger partial charge on any atom is -0.471 e. The average molecular weight is 835 g/mol. The van der Waals surface area contributed by atoms with Crippen LogP contribution in [0.25, 0.3) is 11.0 Å². The molecule has 8 atom stereocenters. The van der Waals surface area contributed by atoms with Crippen molar-refractivity contribution in [3.05, 3.63) is 29.7 Å². The van der Waals surface area contributed by atoms with Crippen molar-refractivity contribution in [2.45, 2.75) is 146 Å². The number of alkyl carbamates (subject to hydrolysis) is 1. The van der Waals surface area contributed by atoms with E-state index in [1.807, 2.05) is 4.72 Å². The van der Waals surface area contributed by atoms with Crippen LogP contribution in [0, 0.1) is 29.0 Å². The summed E-state index contributed by atoms with van der Waals surface area (Å²) in [6.45, 7) is 8.54. The molecule has 18 heteroatoms. The van der Waals surface area contributed by atoms with Gasteiger partial charge in [0.05, 0.1) is 28.2 Å². The lowest BCUT2D eigenvalue weighted by atomic mass is 9.85. The smallest absolute Gasteiger partial charge is 0.408 e. The number of nitrogens with zero attached hydrogens (tertiary/aromatic N) is 3. The van der Waals surface area contributed by atoms with Gasteiger partial charge in [0.1, 0.15) is 41.3 Å². The first-order valence-corrected chi connectivity index (χ1v) is 21.8. The molecule has 2 bridgehead atoms. The molecule has 8 unspecified atom stereocenters. The zero-order chi connectivity index (χ0) is 41.9. The molecule has 5 aliphatic rings. The highest BCUT2D eigenvalue weighted by molar-refractivity contribution is 7.91. The number of carbonyl (C=O) groups is 4. The molecule has 14 nitrogen and oxygen atoms in total. The number of aryl methyl sites for hydroxylation is 1. The standard InChI is InChI=1S/C40H53F3N6O8S/c1-21-11-14-30-24(21)9-7-6-8-10-27-34(45-28-17-22(41)12-13-26(28)44-27)56-23-18-29(49(20-23)35(51)31(38(2,3)4)46-37(53)57-30)33(50)47-40(19-25(40)32(42)43)36(52)48-58(54,55)39(5)15-16-39/h12-13,17,21,23-25,29-32H,6-11,14-16,18-20H2,1-5H3,(H,46,53)(H,47,50)(H,48,52). The number of rotatable bonds is 6. The Morgan fingerprint density at radius 3 is 2.45 bits per heavy atom. The molecule has 4 amide bonds. The molecule has 58 heavy (non-hydrogen) atoms. The second kappa shape index (κ2) is 15.4. The number of aromatic nitrogens is 2. The lowest BCUT2D eigenvalue weighted by Gasteiger charge is -2.35. The van der Waals surface area contributed by atoms with Gasteiger partial charge in [-0.3, -0.25) is 19.1 Å². The Hall–Kier alpha value is -4.22. The van der Waals surface area contributed by atoms with Gasteiger partial charge < -0.3 is 25.0 Å². The van der Waals surface area contributed by atoms with E-state index >= 15 is 0 Å². The van der Waals surface area contributed by atoms with Crippen molar-refractivity contribution in [3.63, 3.8) is 0 Å². The van der Waals surface area contributed by atoms with Crippen LogP contribution < -0.4 is 20.1 Å². The largest absolute Gasteiger partial charge is 0.471 e. The number of ether oxygens (including phenoxy) is 2. The van der Waals surface area contributed by atoms with Crippen molar-refractivity contribution < 1.29 is 50.2 Å². The van der Waals surface area contributed by atoms with E-state index in [-0.39, 0.29) is 49.2 Å². The number of carbonyl (C=O) groups excluding carboxylic acids is 4. The number of amides is 4. The molecule has 1 saturated heterocycles. The number of hydrogen-bond donors (Lipinski definition) is 3. The summed E-state index contributed by atoms with van der Waals surface area (Å²) >= 11 is 0. The lowest BCUT2D eigenvalue weighted by Crippen LogP contribution is -2.60. The Morgan fingerprint density at radius 1 is 1.03 bits per heavy atom. The fraction of sp³-hybridized carbons (Fsp3) is 0.700. The van der Waals surface area contributed by atoms with Crippen LogP contribution in [0.15, 0.2) is 18.2 Å². The van der Waals surface area contributed by atoms with E-state index < -0.39 is 92.3 Å². The van der Waals surface area contributed by atoms with E-state index in [2.05, 4.69) is 22.5 Å². The summed E-state index contributed by atoms with van der Waals surface area (Å²) in [5, 5.41) is 5.19. The van der Waals surface area contributed by atoms with Gasteiger partial charge in [-0.2, -0.15) is 0 Å². The second-order valence-electron chi connectivity index (χ2n) is 18.3. The third-order valence-corrected chi connectivity index (χ3v) is 15.0. The van der Waals surface area contributed by atoms with Gasteiger partial charge in [-0.25, -0.2) is 36.4 Å². The van der Waals surface area contributed by atoms with Crippen LogP contribution in [-0.2, 0) is 35.6 Å². The van der Waals surface area contributed by atoms with Crippen molar-refractivity contribution >= 4 is 44.9 Å². The zero-order valence-electron chi connectivity index (χ0n) is 33.5. The van der Waals surface area contributed by atoms with Gasteiger partial charge in [0, 0.05) is 12.5 Å². The van der Waals surface area contributed by atoms with E-state index in [0.29, 0.717) is 36.4 Å². The van der Waals surface area contributed by atoms with Crippen molar-refractivity contribution in [1.29, 1.82) is 0 Å². The summed E-state index contributed by atoms with van der Waals surface area (Å²) in [5.74, 6) is -4.65. The molecule has 318 valence electrons. The first-order chi connectivity index (χ1) is 27.2. The van der Waals surface area contributed by atoms with Crippen LogP contribution >= 0.6 is 0 Å². The molecule has 2 aromatic rings. The predicted molar refractivity (Wildman–Crippen MR) is 204 cm³/mol. The van der Waals surface area contributed by atoms with Crippen LogP contribution in [0.5, 0.6) is 5.88 Å². The number of hydrogen-bond acceptors (Lipinski definition) is 10. The molecule has 3 heterocycles. The molecule has 3 N–H and O–H groups in total. The fourth-order valence-electron chi connectivity index (χ4n) is 8.77. The molecule has 4 fully saturated rings. The van der Waals surface area contributed by atoms with Gasteiger partial charge >= 0.3 is 6.09 Å². The zero-order valence-corrected chi connectivity index (χ0v) is 34.3. The van der Waals surface area contributed by atoms with Crippen LogP contribution in [-0.4, -0.2) is 94.6 Å². The maximum atomic E-state index is 14.7. The number of nitrogens with one attached hydrogen (secondary N) is 3. The van der Waals surface area contributed by atoms with E-state index in [1.165, 1.54) is 30.0 Å². The summed E-state index contributed by atoms with van der Waals surface area (Å²) in [4.78, 5) is 66.8. The summed E-state index contributed by atoms with van der Waals surface area (Å²) in [6.07, 6.45) is -0.0654. The van der Waals surface area contributed by atoms with Crippen LogP contribution in [0.4, 0.5) is 18.0 Å². The Bertz CT molecular complexity index is 2080. The first-order valence-electron chi connectivity index (χ1n) is 20.3. The molecule has 7 rings (SSSR count). The number of fused-ring (bicyclic) bond motifs is 5. The van der Waals surface area contributed by atoms with Crippen molar-refractivity contribution in [2.75, 3.05) is 6.54 Å². The topological polar surface area (TPSA) is 186 Å². The number of halogens is 3. The molecular weight excluding hydrogens is 782 g/mol. The molecule has 2 aliphatic heterocycles. The fourth-order valence-corrected chi connectivity index (χ4v) is 10.1. The number of alkyl halides is 2. The summed E-state index contributed by atoms with van der Waals surface area (Å²) < 4.78 is 81.9. The van der Waals surface area contributed by atoms with Crippen LogP contribution in [0.2, 0.25) is 0 Å². The molecule has 1 aromatic carbocycles. The van der Waals surface area contributed by atoms with Gasteiger partial charge in [0.25, 0.3) is 5.91 Å². The summed E-state index contributed by atoms with van der Waals surface area (Å²) in [5.41, 5.74) is -2.00.